The molecule has 0 bridgehead atoms. The Morgan fingerprint density at radius 3 is 2.49 bits per heavy atom. The second-order valence-corrected chi connectivity index (χ2v) is 13.1. The first kappa shape index (κ1) is 31.0. The van der Waals surface area contributed by atoms with E-state index in [0.717, 1.165) is 69.8 Å². The number of rotatable bonds is 9. The van der Waals surface area contributed by atoms with E-state index in [-0.39, 0.29) is 30.1 Å². The summed E-state index contributed by atoms with van der Waals surface area (Å²) >= 11 is 0. The van der Waals surface area contributed by atoms with Crippen LogP contribution in [0.25, 0.3) is 0 Å². The molecule has 3 aliphatic heterocycles. The predicted octanol–water partition coefficient (Wildman–Crippen LogP) is 5.01. The Bertz CT molecular complexity index is 1320. The van der Waals surface area contributed by atoms with Crippen LogP contribution in [0.15, 0.2) is 36.3 Å². The molecule has 5 rings (SSSR count). The molecule has 11 heteroatoms. The summed E-state index contributed by atoms with van der Waals surface area (Å²) < 4.78 is 31.1. The molecular formula is C32H45F2N7O2. The van der Waals surface area contributed by atoms with E-state index < -0.39 is 5.97 Å². The molecule has 0 aliphatic carbocycles. The van der Waals surface area contributed by atoms with Gasteiger partial charge in [-0.25, -0.2) is 18.7 Å². The Hall–Kier alpha value is -3.47. The maximum Gasteiger partial charge on any atom is 0.305 e. The van der Waals surface area contributed by atoms with Crippen molar-refractivity contribution in [3.63, 3.8) is 0 Å². The van der Waals surface area contributed by atoms with E-state index in [1.807, 2.05) is 11.0 Å². The lowest BCUT2D eigenvalue weighted by molar-refractivity contribution is -0.136. The SMILES string of the molecule is CCC=C1CN(c2cc(F)c(CN3CCC(C)(C)CC3)cc2F)CC2(CCN(c3cc(NCCC(=O)O)ncn3)CC2)N1. The molecule has 3 fully saturated rings. The average Bonchev–Trinajstić information content (AvgIpc) is 2.96. The number of aliphatic carboxylic acids is 1. The number of nitrogens with one attached hydrogen (secondary N) is 2. The number of benzene rings is 1. The van der Waals surface area contributed by atoms with Crippen molar-refractivity contribution >= 4 is 23.3 Å². The highest BCUT2D eigenvalue weighted by Gasteiger charge is 2.41. The Morgan fingerprint density at radius 2 is 1.79 bits per heavy atom. The number of hydrogen-bond donors (Lipinski definition) is 3. The number of allylic oxidation sites excluding steroid dienone is 1. The van der Waals surface area contributed by atoms with Crippen molar-refractivity contribution in [3.05, 3.63) is 53.5 Å². The number of aromatic nitrogens is 2. The minimum Gasteiger partial charge on any atom is -0.481 e. The molecule has 0 amide bonds. The molecule has 234 valence electrons. The predicted molar refractivity (Wildman–Crippen MR) is 165 cm³/mol. The molecule has 3 aliphatic rings. The van der Waals surface area contributed by atoms with Gasteiger partial charge in [-0.05, 0) is 56.7 Å². The Kier molecular flexibility index (Phi) is 9.39. The minimum absolute atomic E-state index is 0.00546. The smallest absolute Gasteiger partial charge is 0.305 e. The van der Waals surface area contributed by atoms with Gasteiger partial charge in [0.25, 0.3) is 0 Å². The fraction of sp³-hybridized carbons (Fsp3) is 0.594. The summed E-state index contributed by atoms with van der Waals surface area (Å²) in [6, 6.07) is 4.64. The van der Waals surface area contributed by atoms with Crippen molar-refractivity contribution in [3.8, 4) is 0 Å². The van der Waals surface area contributed by atoms with Crippen LogP contribution in [-0.2, 0) is 11.3 Å². The Balaban J connectivity index is 1.27. The van der Waals surface area contributed by atoms with Crippen molar-refractivity contribution < 1.29 is 18.7 Å². The first-order valence-corrected chi connectivity index (χ1v) is 15.5. The van der Waals surface area contributed by atoms with Crippen LogP contribution in [0, 0.1) is 17.0 Å². The maximum absolute atomic E-state index is 15.7. The molecule has 0 saturated carbocycles. The van der Waals surface area contributed by atoms with Crippen LogP contribution in [0.5, 0.6) is 0 Å². The van der Waals surface area contributed by atoms with Crippen LogP contribution in [0.2, 0.25) is 0 Å². The van der Waals surface area contributed by atoms with E-state index >= 15 is 8.78 Å². The van der Waals surface area contributed by atoms with Crippen molar-refractivity contribution in [1.29, 1.82) is 0 Å². The summed E-state index contributed by atoms with van der Waals surface area (Å²) in [6.45, 7) is 11.7. The van der Waals surface area contributed by atoms with Gasteiger partial charge in [0.1, 0.15) is 29.6 Å². The van der Waals surface area contributed by atoms with Crippen LogP contribution in [0.1, 0.15) is 64.9 Å². The van der Waals surface area contributed by atoms with Gasteiger partial charge in [0, 0.05) is 56.1 Å². The first-order chi connectivity index (χ1) is 20.5. The molecule has 3 saturated heterocycles. The molecule has 1 aromatic carbocycles. The third kappa shape index (κ3) is 7.74. The van der Waals surface area contributed by atoms with E-state index in [4.69, 9.17) is 5.11 Å². The standard InChI is InChI=1S/C32H45F2N7O2/c1-4-5-24-20-41(27-17-25(33)23(16-26(27)34)19-39-12-7-31(2,3)8-13-39)21-32(38-24)9-14-40(15-10-32)29-18-28(36-22-37-29)35-11-6-30(42)43/h5,16-18,22,38H,4,6-15,19-21H2,1-3H3,(H,42,43)(H,35,36,37). The van der Waals surface area contributed by atoms with Gasteiger partial charge in [-0.2, -0.15) is 0 Å². The molecule has 2 aromatic rings. The van der Waals surface area contributed by atoms with Crippen LogP contribution in [0.4, 0.5) is 26.1 Å². The quantitative estimate of drug-likeness (QED) is 0.369. The van der Waals surface area contributed by atoms with Crippen molar-refractivity contribution in [2.75, 3.05) is 60.9 Å². The van der Waals surface area contributed by atoms with E-state index in [1.54, 1.807) is 0 Å². The molecule has 43 heavy (non-hydrogen) atoms. The Morgan fingerprint density at radius 1 is 1.05 bits per heavy atom. The number of hydrogen-bond acceptors (Lipinski definition) is 8. The molecule has 0 unspecified atom stereocenters. The van der Waals surface area contributed by atoms with Crippen LogP contribution < -0.4 is 20.4 Å². The number of anilines is 3. The second-order valence-electron chi connectivity index (χ2n) is 13.1. The van der Waals surface area contributed by atoms with Crippen molar-refractivity contribution in [2.24, 2.45) is 5.41 Å². The molecule has 1 aromatic heterocycles. The van der Waals surface area contributed by atoms with Gasteiger partial charge in [-0.15, -0.1) is 0 Å². The lowest BCUT2D eigenvalue weighted by Crippen LogP contribution is -2.63. The number of halogens is 2. The fourth-order valence-corrected chi connectivity index (χ4v) is 6.44. The molecule has 0 radical (unpaired) electrons. The lowest BCUT2D eigenvalue weighted by atomic mass is 9.82. The molecular weight excluding hydrogens is 552 g/mol. The molecule has 4 heterocycles. The number of carbonyl (C=O) groups is 1. The van der Waals surface area contributed by atoms with Gasteiger partial charge in [0.2, 0.25) is 0 Å². The zero-order valence-corrected chi connectivity index (χ0v) is 25.6. The van der Waals surface area contributed by atoms with E-state index in [1.165, 1.54) is 18.5 Å². The van der Waals surface area contributed by atoms with Crippen LogP contribution in [0.3, 0.4) is 0 Å². The summed E-state index contributed by atoms with van der Waals surface area (Å²) in [4.78, 5) is 25.9. The third-order valence-electron chi connectivity index (χ3n) is 9.13. The van der Waals surface area contributed by atoms with E-state index in [0.29, 0.717) is 42.1 Å². The first-order valence-electron chi connectivity index (χ1n) is 15.5. The molecule has 0 atom stereocenters. The molecule has 1 spiro atoms. The van der Waals surface area contributed by atoms with Crippen molar-refractivity contribution in [2.45, 2.75) is 71.4 Å². The number of likely N-dealkylation sites (tertiary alicyclic amines) is 1. The Labute approximate surface area is 253 Å². The van der Waals surface area contributed by atoms with Gasteiger partial charge in [0.05, 0.1) is 24.2 Å². The van der Waals surface area contributed by atoms with E-state index in [9.17, 15) is 4.79 Å². The number of piperidine rings is 2. The molecule has 9 nitrogen and oxygen atoms in total. The number of carboxylic acids is 1. The van der Waals surface area contributed by atoms with Gasteiger partial charge < -0.3 is 25.5 Å². The van der Waals surface area contributed by atoms with E-state index in [2.05, 4.69) is 57.2 Å². The molecule has 3 N–H and O–H groups in total. The zero-order valence-electron chi connectivity index (χ0n) is 25.6. The second kappa shape index (κ2) is 13.0. The fourth-order valence-electron chi connectivity index (χ4n) is 6.44. The normalized spacial score (nSPS) is 21.2. The number of piperazine rings is 1. The van der Waals surface area contributed by atoms with Crippen molar-refractivity contribution in [1.82, 2.24) is 20.2 Å². The van der Waals surface area contributed by atoms with Gasteiger partial charge >= 0.3 is 5.97 Å². The van der Waals surface area contributed by atoms with Gasteiger partial charge in [-0.1, -0.05) is 26.8 Å². The number of carboxylic acid groups (broad SMARTS) is 1. The summed E-state index contributed by atoms with van der Waals surface area (Å²) in [7, 11) is 0. The number of nitrogens with zero attached hydrogens (tertiary/aromatic N) is 5. The van der Waals surface area contributed by atoms with Gasteiger partial charge in [0.15, 0.2) is 0 Å². The van der Waals surface area contributed by atoms with Crippen LogP contribution in [-0.4, -0.2) is 77.3 Å². The summed E-state index contributed by atoms with van der Waals surface area (Å²) in [6.07, 6.45) is 8.19. The highest BCUT2D eigenvalue weighted by molar-refractivity contribution is 5.67. The summed E-state index contributed by atoms with van der Waals surface area (Å²) in [5.41, 5.74) is 1.80. The van der Waals surface area contributed by atoms with Crippen LogP contribution >= 0.6 is 0 Å². The third-order valence-corrected chi connectivity index (χ3v) is 9.13. The lowest BCUT2D eigenvalue weighted by Gasteiger charge is -2.50. The zero-order chi connectivity index (χ0) is 30.6. The highest BCUT2D eigenvalue weighted by Crippen LogP contribution is 2.35. The van der Waals surface area contributed by atoms with Gasteiger partial charge in [-0.3, -0.25) is 9.69 Å². The monoisotopic (exact) mass is 597 g/mol. The maximum atomic E-state index is 15.7. The highest BCUT2D eigenvalue weighted by atomic mass is 19.1. The summed E-state index contributed by atoms with van der Waals surface area (Å²) in [5.74, 6) is -0.217. The average molecular weight is 598 g/mol. The largest absolute Gasteiger partial charge is 0.481 e. The summed E-state index contributed by atoms with van der Waals surface area (Å²) in [5, 5.41) is 15.7. The topological polar surface area (TPSA) is 96.9 Å². The minimum atomic E-state index is -0.867.